The van der Waals surface area contributed by atoms with Crippen LogP contribution in [-0.4, -0.2) is 0 Å². The van der Waals surface area contributed by atoms with Crippen molar-refractivity contribution < 1.29 is 0 Å². The Bertz CT molecular complexity index is 743. The first-order valence-electron chi connectivity index (χ1n) is 6.20. The van der Waals surface area contributed by atoms with Crippen LogP contribution in [0, 0.1) is 0 Å². The standard InChI is InChI=1S/C16H11Cl3S/c17-14(13-9-15(18)20-16(13)19)8-11-6-3-5-10-4-1-2-7-12(10)11/h1-7,9,14H,8H2. The second-order valence-corrected chi connectivity index (χ2v) is 7.40. The summed E-state index contributed by atoms with van der Waals surface area (Å²) in [6, 6.07) is 16.5. The maximum atomic E-state index is 6.52. The van der Waals surface area contributed by atoms with E-state index in [1.54, 1.807) is 0 Å². The number of thiophene rings is 1. The number of halogens is 3. The summed E-state index contributed by atoms with van der Waals surface area (Å²) in [5.74, 6) is 0. The molecule has 0 nitrogen and oxygen atoms in total. The normalized spacial score (nSPS) is 12.8. The highest BCUT2D eigenvalue weighted by Crippen LogP contribution is 2.39. The van der Waals surface area contributed by atoms with Gasteiger partial charge in [-0.05, 0) is 28.8 Å². The lowest BCUT2D eigenvalue weighted by molar-refractivity contribution is 0.933. The lowest BCUT2D eigenvalue weighted by Crippen LogP contribution is -1.96. The minimum absolute atomic E-state index is 0.169. The molecule has 0 amide bonds. The summed E-state index contributed by atoms with van der Waals surface area (Å²) in [5, 5.41) is 2.29. The van der Waals surface area contributed by atoms with Crippen LogP contribution in [0.1, 0.15) is 16.5 Å². The van der Waals surface area contributed by atoms with Gasteiger partial charge in [0.15, 0.2) is 0 Å². The third-order valence-electron chi connectivity index (χ3n) is 3.30. The molecule has 3 rings (SSSR count). The van der Waals surface area contributed by atoms with Gasteiger partial charge >= 0.3 is 0 Å². The number of hydrogen-bond donors (Lipinski definition) is 0. The predicted molar refractivity (Wildman–Crippen MR) is 90.6 cm³/mol. The molecule has 102 valence electrons. The van der Waals surface area contributed by atoms with Crippen molar-refractivity contribution in [2.24, 2.45) is 0 Å². The Morgan fingerprint density at radius 3 is 2.50 bits per heavy atom. The lowest BCUT2D eigenvalue weighted by atomic mass is 9.99. The molecule has 0 spiro atoms. The lowest BCUT2D eigenvalue weighted by Gasteiger charge is -2.11. The van der Waals surface area contributed by atoms with Crippen molar-refractivity contribution >= 4 is 56.9 Å². The summed E-state index contributed by atoms with van der Waals surface area (Å²) in [4.78, 5) is 0. The first kappa shape index (κ1) is 14.2. The van der Waals surface area contributed by atoms with Crippen molar-refractivity contribution in [2.75, 3.05) is 0 Å². The van der Waals surface area contributed by atoms with Crippen LogP contribution in [-0.2, 0) is 6.42 Å². The zero-order valence-electron chi connectivity index (χ0n) is 10.4. The van der Waals surface area contributed by atoms with Crippen molar-refractivity contribution in [1.82, 2.24) is 0 Å². The summed E-state index contributed by atoms with van der Waals surface area (Å²) in [6.45, 7) is 0. The molecule has 0 radical (unpaired) electrons. The van der Waals surface area contributed by atoms with Crippen molar-refractivity contribution in [3.8, 4) is 0 Å². The van der Waals surface area contributed by atoms with Gasteiger partial charge in [0.05, 0.1) is 14.0 Å². The molecule has 1 unspecified atom stereocenters. The Morgan fingerprint density at radius 1 is 1.00 bits per heavy atom. The average molecular weight is 342 g/mol. The van der Waals surface area contributed by atoms with Gasteiger partial charge < -0.3 is 0 Å². The fourth-order valence-corrected chi connectivity index (χ4v) is 4.38. The Morgan fingerprint density at radius 2 is 1.75 bits per heavy atom. The van der Waals surface area contributed by atoms with E-state index in [9.17, 15) is 0 Å². The van der Waals surface area contributed by atoms with Gasteiger partial charge in [-0.15, -0.1) is 22.9 Å². The predicted octanol–water partition coefficient (Wildman–Crippen LogP) is 6.73. The second-order valence-electron chi connectivity index (χ2n) is 4.59. The van der Waals surface area contributed by atoms with E-state index >= 15 is 0 Å². The largest absolute Gasteiger partial charge is 0.117 e. The third kappa shape index (κ3) is 2.82. The number of hydrogen-bond acceptors (Lipinski definition) is 1. The highest BCUT2D eigenvalue weighted by molar-refractivity contribution is 7.20. The first-order chi connectivity index (χ1) is 9.65. The zero-order chi connectivity index (χ0) is 14.1. The van der Waals surface area contributed by atoms with Gasteiger partial charge in [0.1, 0.15) is 0 Å². The highest BCUT2D eigenvalue weighted by atomic mass is 35.5. The van der Waals surface area contributed by atoms with Crippen LogP contribution in [0.15, 0.2) is 48.5 Å². The summed E-state index contributed by atoms with van der Waals surface area (Å²) in [7, 11) is 0. The molecule has 20 heavy (non-hydrogen) atoms. The van der Waals surface area contributed by atoms with Gasteiger partial charge in [0.25, 0.3) is 0 Å². The van der Waals surface area contributed by atoms with Gasteiger partial charge in [-0.1, -0.05) is 65.7 Å². The average Bonchev–Trinajstić information content (AvgIpc) is 2.78. The van der Waals surface area contributed by atoms with Gasteiger partial charge in [-0.2, -0.15) is 0 Å². The molecule has 1 heterocycles. The van der Waals surface area contributed by atoms with Gasteiger partial charge in [0, 0.05) is 5.56 Å². The molecule has 1 aromatic heterocycles. The van der Waals surface area contributed by atoms with E-state index < -0.39 is 0 Å². The van der Waals surface area contributed by atoms with Crippen LogP contribution in [0.2, 0.25) is 8.67 Å². The maximum absolute atomic E-state index is 6.52. The van der Waals surface area contributed by atoms with E-state index in [1.807, 2.05) is 18.2 Å². The molecule has 0 saturated carbocycles. The van der Waals surface area contributed by atoms with E-state index in [0.29, 0.717) is 8.67 Å². The molecular weight excluding hydrogens is 331 g/mol. The molecule has 0 aliphatic heterocycles. The molecule has 0 bridgehead atoms. The fraction of sp³-hybridized carbons (Fsp3) is 0.125. The molecule has 2 aromatic carbocycles. The van der Waals surface area contributed by atoms with Crippen LogP contribution >= 0.6 is 46.1 Å². The van der Waals surface area contributed by atoms with Crippen molar-refractivity contribution in [3.63, 3.8) is 0 Å². The topological polar surface area (TPSA) is 0 Å². The van der Waals surface area contributed by atoms with Gasteiger partial charge in [0.2, 0.25) is 0 Å². The quantitative estimate of drug-likeness (QED) is 0.463. The van der Waals surface area contributed by atoms with Crippen molar-refractivity contribution in [3.05, 3.63) is 68.3 Å². The summed E-state index contributed by atoms with van der Waals surface area (Å²) < 4.78 is 1.35. The Kier molecular flexibility index (Phi) is 4.23. The zero-order valence-corrected chi connectivity index (χ0v) is 13.5. The Hall–Kier alpha value is -0.730. The Labute approximate surface area is 136 Å². The fourth-order valence-electron chi connectivity index (χ4n) is 2.34. The molecule has 0 aliphatic carbocycles. The third-order valence-corrected chi connectivity index (χ3v) is 5.21. The van der Waals surface area contributed by atoms with Crippen LogP contribution in [0.3, 0.4) is 0 Å². The van der Waals surface area contributed by atoms with Crippen LogP contribution in [0.25, 0.3) is 10.8 Å². The summed E-state index contributed by atoms with van der Waals surface area (Å²) >= 11 is 20.0. The molecule has 0 N–H and O–H groups in total. The van der Waals surface area contributed by atoms with Gasteiger partial charge in [-0.25, -0.2) is 0 Å². The molecular formula is C16H11Cl3S. The molecule has 0 aliphatic rings. The molecule has 0 fully saturated rings. The number of alkyl halides is 1. The maximum Gasteiger partial charge on any atom is 0.0991 e. The molecule has 1 atom stereocenters. The second kappa shape index (κ2) is 5.95. The SMILES string of the molecule is Clc1cc(C(Cl)Cc2cccc3ccccc23)c(Cl)s1. The first-order valence-corrected chi connectivity index (χ1v) is 8.21. The van der Waals surface area contributed by atoms with Crippen molar-refractivity contribution in [2.45, 2.75) is 11.8 Å². The van der Waals surface area contributed by atoms with Crippen molar-refractivity contribution in [1.29, 1.82) is 0 Å². The van der Waals surface area contributed by atoms with E-state index in [1.165, 1.54) is 27.7 Å². The minimum atomic E-state index is -0.169. The van der Waals surface area contributed by atoms with Crippen LogP contribution in [0.4, 0.5) is 0 Å². The van der Waals surface area contributed by atoms with E-state index in [2.05, 4.69) is 30.3 Å². The minimum Gasteiger partial charge on any atom is -0.117 e. The van der Waals surface area contributed by atoms with E-state index in [4.69, 9.17) is 34.8 Å². The van der Waals surface area contributed by atoms with Crippen LogP contribution < -0.4 is 0 Å². The number of rotatable bonds is 3. The smallest absolute Gasteiger partial charge is 0.0991 e. The summed E-state index contributed by atoms with van der Waals surface area (Å²) in [5.41, 5.74) is 2.14. The summed E-state index contributed by atoms with van der Waals surface area (Å²) in [6.07, 6.45) is 0.732. The van der Waals surface area contributed by atoms with Gasteiger partial charge in [-0.3, -0.25) is 0 Å². The number of fused-ring (bicyclic) bond motifs is 1. The van der Waals surface area contributed by atoms with E-state index in [-0.39, 0.29) is 5.38 Å². The molecule has 3 aromatic rings. The molecule has 0 saturated heterocycles. The number of benzene rings is 2. The van der Waals surface area contributed by atoms with E-state index in [0.717, 1.165) is 12.0 Å². The highest BCUT2D eigenvalue weighted by Gasteiger charge is 2.16. The van der Waals surface area contributed by atoms with Crippen LogP contribution in [0.5, 0.6) is 0 Å². The monoisotopic (exact) mass is 340 g/mol. The Balaban J connectivity index is 1.95. The molecule has 4 heteroatoms.